The number of hydrogen-bond acceptors (Lipinski definition) is 2. The zero-order valence-electron chi connectivity index (χ0n) is 6.09. The summed E-state index contributed by atoms with van der Waals surface area (Å²) in [6.45, 7) is 0. The molecular formula is C8H7N2O. The average molecular weight is 147 g/mol. The van der Waals surface area contributed by atoms with E-state index in [0.29, 0.717) is 0 Å². The maximum absolute atomic E-state index is 5.03. The molecule has 0 amide bonds. The van der Waals surface area contributed by atoms with E-state index in [9.17, 15) is 0 Å². The summed E-state index contributed by atoms with van der Waals surface area (Å²) in [5.41, 5.74) is 0.948. The monoisotopic (exact) mass is 147 g/mol. The van der Waals surface area contributed by atoms with Crippen LogP contribution in [0.3, 0.4) is 0 Å². The Balaban J connectivity index is 2.67. The van der Waals surface area contributed by atoms with Gasteiger partial charge in [-0.05, 0) is 12.1 Å². The summed E-state index contributed by atoms with van der Waals surface area (Å²) in [5.74, 6) is 0.829. The first-order valence-corrected chi connectivity index (χ1v) is 3.30. The van der Waals surface area contributed by atoms with Crippen molar-refractivity contribution in [2.75, 3.05) is 7.11 Å². The van der Waals surface area contributed by atoms with E-state index in [1.165, 1.54) is 0 Å². The van der Waals surface area contributed by atoms with Gasteiger partial charge in [-0.1, -0.05) is 0 Å². The fraction of sp³-hybridized carbons (Fsp3) is 0.125. The Morgan fingerprint density at radius 3 is 3.27 bits per heavy atom. The van der Waals surface area contributed by atoms with E-state index in [-0.39, 0.29) is 0 Å². The lowest BCUT2D eigenvalue weighted by atomic mass is 10.2. The van der Waals surface area contributed by atoms with Crippen molar-refractivity contribution in [2.45, 2.75) is 0 Å². The molecule has 0 aliphatic rings. The number of aromatic nitrogens is 2. The number of nitrogens with zero attached hydrogens (tertiary/aromatic N) is 1. The minimum Gasteiger partial charge on any atom is -0.497 e. The van der Waals surface area contributed by atoms with Crippen molar-refractivity contribution in [1.82, 2.24) is 10.2 Å². The minimum atomic E-state index is 0.829. The first-order chi connectivity index (χ1) is 5.40. The minimum absolute atomic E-state index is 0.829. The highest BCUT2D eigenvalue weighted by molar-refractivity contribution is 5.78. The van der Waals surface area contributed by atoms with Crippen molar-refractivity contribution in [3.05, 3.63) is 24.4 Å². The van der Waals surface area contributed by atoms with Gasteiger partial charge in [0, 0.05) is 11.5 Å². The molecule has 3 heteroatoms. The van der Waals surface area contributed by atoms with Crippen molar-refractivity contribution < 1.29 is 4.74 Å². The third kappa shape index (κ3) is 0.941. The Bertz CT molecular complexity index is 367. The number of ether oxygens (including phenoxy) is 1. The van der Waals surface area contributed by atoms with E-state index in [1.54, 1.807) is 7.11 Å². The lowest BCUT2D eigenvalue weighted by Crippen LogP contribution is -1.80. The lowest BCUT2D eigenvalue weighted by Gasteiger charge is -1.96. The van der Waals surface area contributed by atoms with Gasteiger partial charge in [0.05, 0.1) is 12.6 Å². The number of fused-ring (bicyclic) bond motifs is 1. The smallest absolute Gasteiger partial charge is 0.121 e. The summed E-state index contributed by atoms with van der Waals surface area (Å²) in [6.07, 6.45) is 2.81. The number of aromatic amines is 1. The summed E-state index contributed by atoms with van der Waals surface area (Å²) in [5, 5.41) is 7.56. The van der Waals surface area contributed by atoms with Gasteiger partial charge in [-0.15, -0.1) is 0 Å². The summed E-state index contributed by atoms with van der Waals surface area (Å²) >= 11 is 0. The SMILES string of the molecule is COc1ccc2[c]n[nH]c2c1. The second kappa shape index (κ2) is 2.27. The van der Waals surface area contributed by atoms with Crippen LogP contribution in [-0.2, 0) is 0 Å². The molecule has 1 aromatic carbocycles. The number of rotatable bonds is 1. The third-order valence-electron chi connectivity index (χ3n) is 1.58. The standard InChI is InChI=1S/C8H7N2O/c1-11-7-3-2-6-5-9-10-8(6)4-7/h2-4H,1H3,(H,9,10). The van der Waals surface area contributed by atoms with E-state index in [2.05, 4.69) is 16.4 Å². The molecule has 0 saturated carbocycles. The molecule has 0 atom stereocenters. The van der Waals surface area contributed by atoms with Crippen LogP contribution >= 0.6 is 0 Å². The quantitative estimate of drug-likeness (QED) is 0.661. The van der Waals surface area contributed by atoms with Crippen LogP contribution in [-0.4, -0.2) is 17.3 Å². The second-order valence-electron chi connectivity index (χ2n) is 2.25. The maximum Gasteiger partial charge on any atom is 0.121 e. The van der Waals surface area contributed by atoms with Gasteiger partial charge in [-0.3, -0.25) is 5.10 Å². The van der Waals surface area contributed by atoms with E-state index >= 15 is 0 Å². The van der Waals surface area contributed by atoms with E-state index in [0.717, 1.165) is 16.7 Å². The molecule has 2 aromatic rings. The molecule has 3 nitrogen and oxygen atoms in total. The highest BCUT2D eigenvalue weighted by atomic mass is 16.5. The lowest BCUT2D eigenvalue weighted by molar-refractivity contribution is 0.415. The van der Waals surface area contributed by atoms with E-state index < -0.39 is 0 Å². The Morgan fingerprint density at radius 2 is 2.45 bits per heavy atom. The first-order valence-electron chi connectivity index (χ1n) is 3.30. The summed E-state index contributed by atoms with van der Waals surface area (Å²) in [4.78, 5) is 0. The molecule has 0 spiro atoms. The molecule has 1 N–H and O–H groups in total. The van der Waals surface area contributed by atoms with E-state index in [1.807, 2.05) is 18.2 Å². The molecule has 0 unspecified atom stereocenters. The Labute approximate surface area is 64.0 Å². The Morgan fingerprint density at radius 1 is 1.55 bits per heavy atom. The fourth-order valence-electron chi connectivity index (χ4n) is 0.989. The van der Waals surface area contributed by atoms with Crippen LogP contribution < -0.4 is 4.74 Å². The number of H-pyrrole nitrogens is 1. The van der Waals surface area contributed by atoms with Crippen molar-refractivity contribution >= 4 is 10.9 Å². The average Bonchev–Trinajstić information content (AvgIpc) is 2.50. The Kier molecular flexibility index (Phi) is 1.28. The largest absolute Gasteiger partial charge is 0.497 e. The molecule has 0 saturated heterocycles. The molecule has 1 heterocycles. The van der Waals surface area contributed by atoms with Gasteiger partial charge in [0.1, 0.15) is 11.9 Å². The van der Waals surface area contributed by atoms with Crippen LogP contribution in [0.5, 0.6) is 5.75 Å². The van der Waals surface area contributed by atoms with Gasteiger partial charge in [0.25, 0.3) is 0 Å². The van der Waals surface area contributed by atoms with Crippen LogP contribution in [0.2, 0.25) is 0 Å². The van der Waals surface area contributed by atoms with Crippen molar-refractivity contribution in [3.63, 3.8) is 0 Å². The van der Waals surface area contributed by atoms with Crippen molar-refractivity contribution in [3.8, 4) is 5.75 Å². The van der Waals surface area contributed by atoms with Gasteiger partial charge in [0.15, 0.2) is 0 Å². The van der Waals surface area contributed by atoms with Crippen LogP contribution in [0.25, 0.3) is 10.9 Å². The summed E-state index contributed by atoms with van der Waals surface area (Å²) < 4.78 is 5.03. The second-order valence-corrected chi connectivity index (χ2v) is 2.25. The summed E-state index contributed by atoms with van der Waals surface area (Å²) in [6, 6.07) is 5.69. The fourth-order valence-corrected chi connectivity index (χ4v) is 0.989. The van der Waals surface area contributed by atoms with Crippen molar-refractivity contribution in [1.29, 1.82) is 0 Å². The molecule has 2 rings (SSSR count). The highest BCUT2D eigenvalue weighted by Gasteiger charge is 1.96. The predicted octanol–water partition coefficient (Wildman–Crippen LogP) is 1.37. The molecule has 0 fully saturated rings. The third-order valence-corrected chi connectivity index (χ3v) is 1.58. The van der Waals surface area contributed by atoms with Gasteiger partial charge < -0.3 is 4.74 Å². The van der Waals surface area contributed by atoms with Crippen molar-refractivity contribution in [2.24, 2.45) is 0 Å². The maximum atomic E-state index is 5.03. The number of nitrogens with one attached hydrogen (secondary N) is 1. The molecule has 1 radical (unpaired) electrons. The normalized spacial score (nSPS) is 10.3. The zero-order chi connectivity index (χ0) is 7.68. The molecule has 1 aromatic heterocycles. The highest BCUT2D eigenvalue weighted by Crippen LogP contribution is 2.17. The number of hydrogen-bond donors (Lipinski definition) is 1. The molecule has 0 bridgehead atoms. The molecular weight excluding hydrogens is 140 g/mol. The van der Waals surface area contributed by atoms with Crippen LogP contribution in [0, 0.1) is 6.20 Å². The summed E-state index contributed by atoms with van der Waals surface area (Å²) in [7, 11) is 1.64. The predicted molar refractivity (Wildman–Crippen MR) is 41.5 cm³/mol. The van der Waals surface area contributed by atoms with Crippen LogP contribution in [0.15, 0.2) is 18.2 Å². The number of benzene rings is 1. The number of methoxy groups -OCH3 is 1. The van der Waals surface area contributed by atoms with Crippen LogP contribution in [0.4, 0.5) is 0 Å². The zero-order valence-corrected chi connectivity index (χ0v) is 6.09. The van der Waals surface area contributed by atoms with Gasteiger partial charge in [0.2, 0.25) is 0 Å². The van der Waals surface area contributed by atoms with Crippen LogP contribution in [0.1, 0.15) is 0 Å². The molecule has 0 aliphatic heterocycles. The molecule has 55 valence electrons. The topological polar surface area (TPSA) is 37.9 Å². The Hall–Kier alpha value is -1.51. The van der Waals surface area contributed by atoms with Gasteiger partial charge in [-0.25, -0.2) is 0 Å². The van der Waals surface area contributed by atoms with Gasteiger partial charge >= 0.3 is 0 Å². The van der Waals surface area contributed by atoms with Gasteiger partial charge in [-0.2, -0.15) is 5.10 Å². The first kappa shape index (κ1) is 6.22. The van der Waals surface area contributed by atoms with E-state index in [4.69, 9.17) is 4.74 Å². The molecule has 0 aliphatic carbocycles. The molecule has 11 heavy (non-hydrogen) atoms.